The SMILES string of the molecule is N#Cc1cccc(C(=O)C(F)(F)Br)c1. The second kappa shape index (κ2) is 3.84. The second-order valence-electron chi connectivity index (χ2n) is 2.52. The summed E-state index contributed by atoms with van der Waals surface area (Å²) in [5.41, 5.74) is -0.0153. The maximum atomic E-state index is 12.5. The van der Waals surface area contributed by atoms with Crippen molar-refractivity contribution < 1.29 is 13.6 Å². The molecule has 0 bridgehead atoms. The number of halogens is 3. The van der Waals surface area contributed by atoms with Gasteiger partial charge in [-0.2, -0.15) is 14.0 Å². The third-order valence-electron chi connectivity index (χ3n) is 1.51. The molecule has 14 heavy (non-hydrogen) atoms. The first-order valence-corrected chi connectivity index (χ1v) is 4.36. The molecule has 72 valence electrons. The second-order valence-corrected chi connectivity index (χ2v) is 3.52. The Morgan fingerprint density at radius 1 is 1.50 bits per heavy atom. The van der Waals surface area contributed by atoms with Crippen molar-refractivity contribution in [1.29, 1.82) is 5.26 Å². The quantitative estimate of drug-likeness (QED) is 0.606. The highest BCUT2D eigenvalue weighted by Gasteiger charge is 2.35. The summed E-state index contributed by atoms with van der Waals surface area (Å²) in [7, 11) is 0. The monoisotopic (exact) mass is 259 g/mol. The molecular weight excluding hydrogens is 256 g/mol. The van der Waals surface area contributed by atoms with Gasteiger partial charge in [-0.05, 0) is 28.1 Å². The maximum Gasteiger partial charge on any atom is 0.363 e. The van der Waals surface area contributed by atoms with Gasteiger partial charge in [-0.25, -0.2) is 0 Å². The first kappa shape index (κ1) is 10.8. The number of hydrogen-bond donors (Lipinski definition) is 0. The van der Waals surface area contributed by atoms with Crippen LogP contribution in [0.3, 0.4) is 0 Å². The Morgan fingerprint density at radius 3 is 2.64 bits per heavy atom. The van der Waals surface area contributed by atoms with Gasteiger partial charge < -0.3 is 0 Å². The van der Waals surface area contributed by atoms with E-state index in [1.54, 1.807) is 6.07 Å². The molecule has 0 fully saturated rings. The lowest BCUT2D eigenvalue weighted by molar-refractivity contribution is 0.0592. The van der Waals surface area contributed by atoms with Gasteiger partial charge in [-0.15, -0.1) is 0 Å². The molecule has 0 N–H and O–H groups in total. The highest BCUT2D eigenvalue weighted by atomic mass is 79.9. The van der Waals surface area contributed by atoms with Crippen molar-refractivity contribution in [3.63, 3.8) is 0 Å². The Morgan fingerprint density at radius 2 is 2.14 bits per heavy atom. The third-order valence-corrected chi connectivity index (χ3v) is 1.87. The van der Waals surface area contributed by atoms with Crippen molar-refractivity contribution in [2.45, 2.75) is 4.83 Å². The number of alkyl halides is 3. The fourth-order valence-electron chi connectivity index (χ4n) is 0.894. The topological polar surface area (TPSA) is 40.9 Å². The normalized spacial score (nSPS) is 10.7. The number of carbonyl (C=O) groups is 1. The standard InChI is InChI=1S/C9H4BrF2NO/c10-9(11,12)8(14)7-3-1-2-6(4-7)5-13/h1-4H. The van der Waals surface area contributed by atoms with E-state index in [1.165, 1.54) is 18.2 Å². The minimum absolute atomic E-state index is 0.174. The van der Waals surface area contributed by atoms with E-state index in [-0.39, 0.29) is 11.1 Å². The van der Waals surface area contributed by atoms with Crippen molar-refractivity contribution in [2.24, 2.45) is 0 Å². The molecule has 0 amide bonds. The zero-order valence-electron chi connectivity index (χ0n) is 6.80. The average Bonchev–Trinajstić information content (AvgIpc) is 2.15. The van der Waals surface area contributed by atoms with Crippen molar-refractivity contribution in [1.82, 2.24) is 0 Å². The Labute approximate surface area is 87.3 Å². The van der Waals surface area contributed by atoms with E-state index < -0.39 is 10.6 Å². The summed E-state index contributed by atoms with van der Waals surface area (Å²) in [4.78, 5) is 7.45. The van der Waals surface area contributed by atoms with Crippen molar-refractivity contribution >= 4 is 21.7 Å². The number of carbonyl (C=O) groups excluding carboxylic acids is 1. The number of benzene rings is 1. The molecule has 1 rings (SSSR count). The van der Waals surface area contributed by atoms with Crippen LogP contribution in [0, 0.1) is 11.3 Å². The van der Waals surface area contributed by atoms with Crippen LogP contribution < -0.4 is 0 Å². The van der Waals surface area contributed by atoms with Crippen LogP contribution >= 0.6 is 15.9 Å². The molecule has 0 aliphatic carbocycles. The number of ketones is 1. The van der Waals surface area contributed by atoms with E-state index in [0.717, 1.165) is 6.07 Å². The molecule has 0 spiro atoms. The molecular formula is C9H4BrF2NO. The summed E-state index contributed by atoms with van der Waals surface area (Å²) in [6, 6.07) is 6.93. The predicted molar refractivity (Wildman–Crippen MR) is 49.4 cm³/mol. The highest BCUT2D eigenvalue weighted by molar-refractivity contribution is 9.10. The Bertz CT molecular complexity index is 406. The van der Waals surface area contributed by atoms with Crippen LogP contribution in [0.15, 0.2) is 24.3 Å². The summed E-state index contributed by atoms with van der Waals surface area (Å²) < 4.78 is 25.0. The fourth-order valence-corrected chi connectivity index (χ4v) is 1.12. The largest absolute Gasteiger partial charge is 0.363 e. The molecule has 0 aliphatic heterocycles. The predicted octanol–water partition coefficient (Wildman–Crippen LogP) is 2.73. The molecule has 1 aromatic rings. The highest BCUT2D eigenvalue weighted by Crippen LogP contribution is 2.26. The number of Topliss-reactive ketones (excluding diaryl/α,β-unsaturated/α-hetero) is 1. The molecule has 0 saturated heterocycles. The summed E-state index contributed by atoms with van der Waals surface area (Å²) in [5, 5.41) is 8.49. The minimum Gasteiger partial charge on any atom is -0.286 e. The third kappa shape index (κ3) is 2.36. The zero-order valence-corrected chi connectivity index (χ0v) is 8.38. The molecule has 0 saturated carbocycles. The van der Waals surface area contributed by atoms with Gasteiger partial charge in [0.25, 0.3) is 0 Å². The van der Waals surface area contributed by atoms with Gasteiger partial charge in [-0.1, -0.05) is 12.1 Å². The van der Waals surface area contributed by atoms with E-state index in [4.69, 9.17) is 5.26 Å². The Balaban J connectivity index is 3.10. The lowest BCUT2D eigenvalue weighted by atomic mass is 10.1. The average molecular weight is 260 g/mol. The molecule has 5 heteroatoms. The molecule has 0 aliphatic rings. The van der Waals surface area contributed by atoms with Crippen LogP contribution in [0.1, 0.15) is 15.9 Å². The van der Waals surface area contributed by atoms with Crippen molar-refractivity contribution in [3.05, 3.63) is 35.4 Å². The number of nitrogens with zero attached hydrogens (tertiary/aromatic N) is 1. The van der Waals surface area contributed by atoms with Crippen molar-refractivity contribution in [2.75, 3.05) is 0 Å². The molecule has 2 nitrogen and oxygen atoms in total. The molecule has 0 heterocycles. The van der Waals surface area contributed by atoms with E-state index >= 15 is 0 Å². The first-order valence-electron chi connectivity index (χ1n) is 3.57. The summed E-state index contributed by atoms with van der Waals surface area (Å²) in [6.45, 7) is 0. The van der Waals surface area contributed by atoms with Crippen LogP contribution in [0.2, 0.25) is 0 Å². The van der Waals surface area contributed by atoms with Gasteiger partial charge in [0.05, 0.1) is 11.6 Å². The van der Waals surface area contributed by atoms with Gasteiger partial charge in [0, 0.05) is 5.56 Å². The van der Waals surface area contributed by atoms with E-state index in [0.29, 0.717) is 0 Å². The van der Waals surface area contributed by atoms with Crippen LogP contribution in [0.5, 0.6) is 0 Å². The summed E-state index contributed by atoms with van der Waals surface area (Å²) >= 11 is 1.96. The molecule has 0 radical (unpaired) electrons. The minimum atomic E-state index is -3.58. The van der Waals surface area contributed by atoms with E-state index in [9.17, 15) is 13.6 Å². The maximum absolute atomic E-state index is 12.5. The van der Waals surface area contributed by atoms with Crippen LogP contribution in [0.4, 0.5) is 8.78 Å². The van der Waals surface area contributed by atoms with E-state index in [2.05, 4.69) is 0 Å². The number of nitriles is 1. The van der Waals surface area contributed by atoms with Crippen LogP contribution in [-0.2, 0) is 0 Å². The number of hydrogen-bond acceptors (Lipinski definition) is 2. The van der Waals surface area contributed by atoms with Gasteiger partial charge in [0.1, 0.15) is 0 Å². The molecule has 0 atom stereocenters. The molecule has 0 aromatic heterocycles. The summed E-state index contributed by atoms with van der Waals surface area (Å²) in [5.74, 6) is -1.35. The first-order chi connectivity index (χ1) is 6.45. The van der Waals surface area contributed by atoms with Gasteiger partial charge in [-0.3, -0.25) is 4.79 Å². The zero-order chi connectivity index (χ0) is 10.8. The Kier molecular flexibility index (Phi) is 2.96. The van der Waals surface area contributed by atoms with Crippen LogP contribution in [0.25, 0.3) is 0 Å². The lowest BCUT2D eigenvalue weighted by Crippen LogP contribution is -2.20. The Hall–Kier alpha value is -1.28. The smallest absolute Gasteiger partial charge is 0.286 e. The van der Waals surface area contributed by atoms with Crippen molar-refractivity contribution in [3.8, 4) is 6.07 Å². The lowest BCUT2D eigenvalue weighted by Gasteiger charge is -2.06. The molecule has 0 unspecified atom stereocenters. The van der Waals surface area contributed by atoms with Gasteiger partial charge in [0.15, 0.2) is 0 Å². The van der Waals surface area contributed by atoms with Gasteiger partial charge in [0.2, 0.25) is 5.78 Å². The fraction of sp³-hybridized carbons (Fsp3) is 0.111. The summed E-state index contributed by atoms with van der Waals surface area (Å²) in [6.07, 6.45) is 0. The van der Waals surface area contributed by atoms with Gasteiger partial charge >= 0.3 is 4.83 Å². The number of rotatable bonds is 2. The van der Waals surface area contributed by atoms with E-state index in [1.807, 2.05) is 15.9 Å². The molecule has 1 aromatic carbocycles. The van der Waals surface area contributed by atoms with Crippen LogP contribution in [-0.4, -0.2) is 10.6 Å².